The number of ether oxygens (including phenoxy) is 1. The second kappa shape index (κ2) is 8.38. The molecule has 2 rings (SSSR count). The molecular weight excluding hydrogens is 272 g/mol. The first kappa shape index (κ1) is 16.3. The molecular formula is C20H24O2. The Bertz CT molecular complexity index is 590. The molecule has 0 saturated heterocycles. The first-order valence-corrected chi connectivity index (χ1v) is 7.97. The van der Waals surface area contributed by atoms with E-state index < -0.39 is 0 Å². The van der Waals surface area contributed by atoms with Gasteiger partial charge in [0, 0.05) is 6.92 Å². The number of hydrogen-bond donors (Lipinski definition) is 0. The van der Waals surface area contributed by atoms with Gasteiger partial charge in [-0.2, -0.15) is 0 Å². The van der Waals surface area contributed by atoms with E-state index in [2.05, 4.69) is 48.5 Å². The van der Waals surface area contributed by atoms with Crippen molar-refractivity contribution >= 4 is 5.97 Å². The van der Waals surface area contributed by atoms with Crippen molar-refractivity contribution in [1.82, 2.24) is 0 Å². The minimum absolute atomic E-state index is 0.0156. The van der Waals surface area contributed by atoms with Crippen molar-refractivity contribution in [2.24, 2.45) is 0 Å². The van der Waals surface area contributed by atoms with Gasteiger partial charge in [0.25, 0.3) is 0 Å². The second-order valence-corrected chi connectivity index (χ2v) is 5.69. The van der Waals surface area contributed by atoms with Gasteiger partial charge in [0.15, 0.2) is 0 Å². The van der Waals surface area contributed by atoms with Gasteiger partial charge >= 0.3 is 5.97 Å². The molecule has 0 aliphatic rings. The fourth-order valence-electron chi connectivity index (χ4n) is 2.73. The van der Waals surface area contributed by atoms with Gasteiger partial charge in [0.1, 0.15) is 0 Å². The fraction of sp³-hybridized carbons (Fsp3) is 0.350. The Balaban J connectivity index is 1.90. The molecule has 22 heavy (non-hydrogen) atoms. The van der Waals surface area contributed by atoms with Crippen molar-refractivity contribution < 1.29 is 9.53 Å². The van der Waals surface area contributed by atoms with Gasteiger partial charge in [0.2, 0.25) is 0 Å². The first-order valence-electron chi connectivity index (χ1n) is 7.97. The molecule has 0 saturated carbocycles. The maximum Gasteiger partial charge on any atom is 0.302 e. The van der Waals surface area contributed by atoms with E-state index in [4.69, 9.17) is 4.74 Å². The van der Waals surface area contributed by atoms with Crippen LogP contribution in [0, 0.1) is 0 Å². The molecule has 2 aromatic rings. The molecule has 0 aliphatic carbocycles. The zero-order valence-corrected chi connectivity index (χ0v) is 13.4. The molecule has 1 atom stereocenters. The van der Waals surface area contributed by atoms with Crippen LogP contribution < -0.4 is 0 Å². The number of aryl methyl sites for hydroxylation is 1. The number of hydrogen-bond acceptors (Lipinski definition) is 2. The van der Waals surface area contributed by atoms with Gasteiger partial charge < -0.3 is 4.74 Å². The molecule has 2 heteroatoms. The number of esters is 1. The lowest BCUT2D eigenvalue weighted by atomic mass is 9.96. The van der Waals surface area contributed by atoms with Crippen LogP contribution in [0.1, 0.15) is 38.7 Å². The lowest BCUT2D eigenvalue weighted by Crippen LogP contribution is -2.11. The van der Waals surface area contributed by atoms with Crippen LogP contribution in [0.15, 0.2) is 54.6 Å². The molecule has 1 unspecified atom stereocenters. The Hall–Kier alpha value is -2.09. The highest BCUT2D eigenvalue weighted by molar-refractivity contribution is 5.67. The highest BCUT2D eigenvalue weighted by Gasteiger charge is 2.07. The van der Waals surface area contributed by atoms with E-state index in [0.717, 1.165) is 25.7 Å². The van der Waals surface area contributed by atoms with Crippen LogP contribution in [0.3, 0.4) is 0 Å². The van der Waals surface area contributed by atoms with Crippen molar-refractivity contribution in [1.29, 1.82) is 0 Å². The normalized spacial score (nSPS) is 11.9. The van der Waals surface area contributed by atoms with Crippen LogP contribution in [-0.2, 0) is 16.0 Å². The van der Waals surface area contributed by atoms with Crippen LogP contribution in [0.2, 0.25) is 0 Å². The summed E-state index contributed by atoms with van der Waals surface area (Å²) in [6.07, 6.45) is 4.17. The first-order chi connectivity index (χ1) is 10.7. The smallest absolute Gasteiger partial charge is 0.302 e. The Labute approximate surface area is 133 Å². The molecule has 0 aromatic heterocycles. The standard InChI is InChI=1S/C20H24O2/c1-16(22-17(2)21)10-6-7-13-19-14-8-9-15-20(19)18-11-4-3-5-12-18/h3-5,8-9,11-12,14-16H,6-7,10,13H2,1-2H3. The predicted molar refractivity (Wildman–Crippen MR) is 90.7 cm³/mol. The third-order valence-corrected chi connectivity index (χ3v) is 3.78. The summed E-state index contributed by atoms with van der Waals surface area (Å²) < 4.78 is 5.16. The number of carbonyl (C=O) groups is 1. The van der Waals surface area contributed by atoms with E-state index >= 15 is 0 Å². The largest absolute Gasteiger partial charge is 0.463 e. The quantitative estimate of drug-likeness (QED) is 0.530. The van der Waals surface area contributed by atoms with Gasteiger partial charge in [-0.05, 0) is 49.3 Å². The number of rotatable bonds is 7. The Morgan fingerprint density at radius 3 is 2.41 bits per heavy atom. The van der Waals surface area contributed by atoms with Gasteiger partial charge in [-0.1, -0.05) is 54.6 Å². The minimum atomic E-state index is -0.193. The zero-order chi connectivity index (χ0) is 15.8. The molecule has 0 N–H and O–H groups in total. The van der Waals surface area contributed by atoms with Crippen molar-refractivity contribution in [2.75, 3.05) is 0 Å². The SMILES string of the molecule is CC(=O)OC(C)CCCCc1ccccc1-c1ccccc1. The molecule has 0 amide bonds. The maximum atomic E-state index is 10.9. The molecule has 0 bridgehead atoms. The van der Waals surface area contributed by atoms with Crippen molar-refractivity contribution in [2.45, 2.75) is 45.6 Å². The molecule has 0 radical (unpaired) electrons. The summed E-state index contributed by atoms with van der Waals surface area (Å²) in [4.78, 5) is 10.9. The average Bonchev–Trinajstić information content (AvgIpc) is 2.52. The third-order valence-electron chi connectivity index (χ3n) is 3.78. The molecule has 0 aliphatic heterocycles. The molecule has 2 nitrogen and oxygen atoms in total. The number of unbranched alkanes of at least 4 members (excludes halogenated alkanes) is 1. The van der Waals surface area contributed by atoms with Crippen molar-refractivity contribution in [3.05, 3.63) is 60.2 Å². The van der Waals surface area contributed by atoms with E-state index in [-0.39, 0.29) is 12.1 Å². The van der Waals surface area contributed by atoms with Gasteiger partial charge in [0.05, 0.1) is 6.10 Å². The Kier molecular flexibility index (Phi) is 6.20. The highest BCUT2D eigenvalue weighted by Crippen LogP contribution is 2.25. The van der Waals surface area contributed by atoms with Crippen LogP contribution in [0.25, 0.3) is 11.1 Å². The Morgan fingerprint density at radius 2 is 1.68 bits per heavy atom. The summed E-state index contributed by atoms with van der Waals surface area (Å²) in [5.74, 6) is -0.193. The zero-order valence-electron chi connectivity index (χ0n) is 13.4. The minimum Gasteiger partial charge on any atom is -0.463 e. The number of benzene rings is 2. The van der Waals surface area contributed by atoms with Crippen molar-refractivity contribution in [3.63, 3.8) is 0 Å². The summed E-state index contributed by atoms with van der Waals surface area (Å²) >= 11 is 0. The Morgan fingerprint density at radius 1 is 1.00 bits per heavy atom. The molecule has 0 fully saturated rings. The van der Waals surface area contributed by atoms with Gasteiger partial charge in [-0.25, -0.2) is 0 Å². The van der Waals surface area contributed by atoms with Crippen LogP contribution in [-0.4, -0.2) is 12.1 Å². The highest BCUT2D eigenvalue weighted by atomic mass is 16.5. The monoisotopic (exact) mass is 296 g/mol. The topological polar surface area (TPSA) is 26.3 Å². The van der Waals surface area contributed by atoms with Crippen molar-refractivity contribution in [3.8, 4) is 11.1 Å². The van der Waals surface area contributed by atoms with Crippen LogP contribution in [0.5, 0.6) is 0 Å². The molecule has 116 valence electrons. The second-order valence-electron chi connectivity index (χ2n) is 5.69. The summed E-state index contributed by atoms with van der Waals surface area (Å²) in [6, 6.07) is 19.1. The molecule has 0 heterocycles. The van der Waals surface area contributed by atoms with Crippen LogP contribution in [0.4, 0.5) is 0 Å². The molecule has 0 spiro atoms. The lowest BCUT2D eigenvalue weighted by molar-refractivity contribution is -0.145. The summed E-state index contributed by atoms with van der Waals surface area (Å²) in [7, 11) is 0. The maximum absolute atomic E-state index is 10.9. The third kappa shape index (κ3) is 5.03. The van der Waals surface area contributed by atoms with E-state index in [0.29, 0.717) is 0 Å². The summed E-state index contributed by atoms with van der Waals surface area (Å²) in [5, 5.41) is 0. The van der Waals surface area contributed by atoms with Gasteiger partial charge in [-0.3, -0.25) is 4.79 Å². The molecule has 2 aromatic carbocycles. The van der Waals surface area contributed by atoms with E-state index in [1.807, 2.05) is 13.0 Å². The van der Waals surface area contributed by atoms with E-state index in [1.54, 1.807) is 0 Å². The lowest BCUT2D eigenvalue weighted by Gasteiger charge is -2.12. The summed E-state index contributed by atoms with van der Waals surface area (Å²) in [6.45, 7) is 3.42. The van der Waals surface area contributed by atoms with E-state index in [1.165, 1.54) is 23.6 Å². The van der Waals surface area contributed by atoms with E-state index in [9.17, 15) is 4.79 Å². The fourth-order valence-corrected chi connectivity index (χ4v) is 2.73. The predicted octanol–water partition coefficient (Wildman–Crippen LogP) is 5.02. The number of carbonyl (C=O) groups excluding carboxylic acids is 1. The van der Waals surface area contributed by atoms with Gasteiger partial charge in [-0.15, -0.1) is 0 Å². The van der Waals surface area contributed by atoms with Crippen LogP contribution >= 0.6 is 0 Å². The summed E-state index contributed by atoms with van der Waals surface area (Å²) in [5.41, 5.74) is 3.97. The average molecular weight is 296 g/mol.